The number of fused-ring (bicyclic) bond motifs is 1. The van der Waals surface area contributed by atoms with Crippen LogP contribution in [-0.2, 0) is 0 Å². The van der Waals surface area contributed by atoms with Crippen LogP contribution in [0.2, 0.25) is 0 Å². The van der Waals surface area contributed by atoms with Gasteiger partial charge in [0.2, 0.25) is 0 Å². The van der Waals surface area contributed by atoms with Crippen LogP contribution >= 0.6 is 11.8 Å². The smallest absolute Gasteiger partial charge is 0.189 e. The Morgan fingerprint density at radius 1 is 1.18 bits per heavy atom. The van der Waals surface area contributed by atoms with E-state index >= 15 is 0 Å². The molecule has 1 aliphatic rings. The molecule has 1 aromatic carbocycles. The van der Waals surface area contributed by atoms with Gasteiger partial charge in [0.05, 0.1) is 24.8 Å². The Kier molecular flexibility index (Phi) is 3.15. The highest BCUT2D eigenvalue weighted by Gasteiger charge is 2.28. The van der Waals surface area contributed by atoms with Crippen LogP contribution in [0.5, 0.6) is 17.2 Å². The molecule has 5 nitrogen and oxygen atoms in total. The van der Waals surface area contributed by atoms with Crippen molar-refractivity contribution in [3.8, 4) is 17.2 Å². The number of ether oxygens (including phenoxy) is 3. The highest BCUT2D eigenvalue weighted by molar-refractivity contribution is 7.99. The summed E-state index contributed by atoms with van der Waals surface area (Å²) in [5.41, 5.74) is 13.0. The van der Waals surface area contributed by atoms with E-state index in [9.17, 15) is 0 Å². The molecule has 17 heavy (non-hydrogen) atoms. The maximum atomic E-state index is 6.04. The molecule has 0 fully saturated rings. The van der Waals surface area contributed by atoms with Crippen LogP contribution < -0.4 is 25.7 Å². The highest BCUT2D eigenvalue weighted by atomic mass is 32.2. The van der Waals surface area contributed by atoms with Crippen molar-refractivity contribution in [2.45, 2.75) is 17.9 Å². The number of hydrogen-bond acceptors (Lipinski definition) is 6. The minimum Gasteiger partial charge on any atom is -0.491 e. The summed E-state index contributed by atoms with van der Waals surface area (Å²) in [4.78, 5) is 0.832. The van der Waals surface area contributed by atoms with Gasteiger partial charge < -0.3 is 25.7 Å². The lowest BCUT2D eigenvalue weighted by Gasteiger charge is -2.27. The average Bonchev–Trinajstić information content (AvgIpc) is 2.33. The molecule has 0 aliphatic carbocycles. The fourth-order valence-electron chi connectivity index (χ4n) is 1.80. The normalized spacial score (nSPS) is 18.2. The van der Waals surface area contributed by atoms with Crippen LogP contribution in [0.3, 0.4) is 0 Å². The van der Waals surface area contributed by atoms with Crippen molar-refractivity contribution >= 4 is 23.1 Å². The minimum absolute atomic E-state index is 0.104. The predicted octanol–water partition coefficient (Wildman–Crippen LogP) is 1.74. The zero-order valence-corrected chi connectivity index (χ0v) is 10.9. The second-order valence-electron chi connectivity index (χ2n) is 3.79. The number of nitrogens with two attached hydrogens (primary N) is 2. The molecule has 1 atom stereocenters. The number of methoxy groups -OCH3 is 2. The Bertz CT molecular complexity index is 451. The Hall–Kier alpha value is -1.43. The van der Waals surface area contributed by atoms with Gasteiger partial charge in [-0.15, -0.1) is 11.8 Å². The average molecular weight is 256 g/mol. The summed E-state index contributed by atoms with van der Waals surface area (Å²) >= 11 is 1.62. The van der Waals surface area contributed by atoms with Crippen molar-refractivity contribution in [2.75, 3.05) is 31.4 Å². The van der Waals surface area contributed by atoms with Gasteiger partial charge in [0.15, 0.2) is 17.2 Å². The van der Waals surface area contributed by atoms with E-state index in [1.807, 2.05) is 6.92 Å². The summed E-state index contributed by atoms with van der Waals surface area (Å²) in [6.45, 7) is 1.99. The first-order valence-corrected chi connectivity index (χ1v) is 6.21. The molecule has 0 aromatic heterocycles. The lowest BCUT2D eigenvalue weighted by atomic mass is 10.2. The quantitative estimate of drug-likeness (QED) is 0.785. The number of nitrogen functional groups attached to an aromatic ring is 2. The van der Waals surface area contributed by atoms with E-state index in [0.717, 1.165) is 10.6 Å². The molecule has 0 radical (unpaired) electrons. The largest absolute Gasteiger partial charge is 0.491 e. The van der Waals surface area contributed by atoms with E-state index in [2.05, 4.69) is 0 Å². The van der Waals surface area contributed by atoms with Gasteiger partial charge in [0.25, 0.3) is 0 Å². The van der Waals surface area contributed by atoms with Crippen molar-refractivity contribution in [3.63, 3.8) is 0 Å². The molecule has 0 spiro atoms. The summed E-state index contributed by atoms with van der Waals surface area (Å²) < 4.78 is 16.2. The van der Waals surface area contributed by atoms with Crippen LogP contribution in [0.4, 0.5) is 11.4 Å². The molecule has 1 aliphatic heterocycles. The van der Waals surface area contributed by atoms with Crippen LogP contribution in [0.1, 0.15) is 6.92 Å². The molecule has 1 aromatic rings. The molecule has 1 unspecified atom stereocenters. The zero-order chi connectivity index (χ0) is 12.6. The van der Waals surface area contributed by atoms with Crippen LogP contribution in [0.25, 0.3) is 0 Å². The van der Waals surface area contributed by atoms with Crippen LogP contribution in [-0.4, -0.2) is 26.1 Å². The van der Waals surface area contributed by atoms with Gasteiger partial charge >= 0.3 is 0 Å². The molecule has 6 heteroatoms. The molecule has 94 valence electrons. The number of thioether (sulfide) groups is 1. The topological polar surface area (TPSA) is 79.7 Å². The predicted molar refractivity (Wildman–Crippen MR) is 69.2 cm³/mol. The van der Waals surface area contributed by atoms with Gasteiger partial charge in [-0.1, -0.05) is 0 Å². The van der Waals surface area contributed by atoms with Gasteiger partial charge in [-0.3, -0.25) is 0 Å². The van der Waals surface area contributed by atoms with Crippen LogP contribution in [0, 0.1) is 0 Å². The number of anilines is 2. The minimum atomic E-state index is 0.104. The van der Waals surface area contributed by atoms with E-state index < -0.39 is 0 Å². The third-order valence-electron chi connectivity index (χ3n) is 2.58. The fraction of sp³-hybridized carbons (Fsp3) is 0.455. The van der Waals surface area contributed by atoms with Gasteiger partial charge in [-0.2, -0.15) is 0 Å². The second kappa shape index (κ2) is 4.44. The molecule has 4 N–H and O–H groups in total. The van der Waals surface area contributed by atoms with E-state index in [1.165, 1.54) is 14.2 Å². The number of rotatable bonds is 2. The van der Waals surface area contributed by atoms with Crippen molar-refractivity contribution in [2.24, 2.45) is 0 Å². The zero-order valence-electron chi connectivity index (χ0n) is 10.1. The highest BCUT2D eigenvalue weighted by Crippen LogP contribution is 2.53. The monoisotopic (exact) mass is 256 g/mol. The van der Waals surface area contributed by atoms with Gasteiger partial charge in [-0.05, 0) is 6.92 Å². The lowest BCUT2D eigenvalue weighted by molar-refractivity contribution is 0.235. The standard InChI is InChI=1S/C11H16N2O3S/c1-5-4-17-11-7(13)9(15-3)8(14-2)6(12)10(11)16-5/h5H,4,12-13H2,1-3H3. The van der Waals surface area contributed by atoms with E-state index in [4.69, 9.17) is 25.7 Å². The molecular weight excluding hydrogens is 240 g/mol. The Labute approximate surface area is 104 Å². The molecule has 0 saturated heterocycles. The van der Waals surface area contributed by atoms with Gasteiger partial charge in [0, 0.05) is 5.75 Å². The summed E-state index contributed by atoms with van der Waals surface area (Å²) in [6, 6.07) is 0. The van der Waals surface area contributed by atoms with Crippen molar-refractivity contribution < 1.29 is 14.2 Å². The van der Waals surface area contributed by atoms with E-state index in [1.54, 1.807) is 11.8 Å². The van der Waals surface area contributed by atoms with Gasteiger partial charge in [0.1, 0.15) is 11.8 Å². The first-order valence-electron chi connectivity index (χ1n) is 5.22. The summed E-state index contributed by atoms with van der Waals surface area (Å²) in [5, 5.41) is 0. The number of benzene rings is 1. The molecule has 2 rings (SSSR count). The van der Waals surface area contributed by atoms with Crippen LogP contribution in [0.15, 0.2) is 4.90 Å². The summed E-state index contributed by atoms with van der Waals surface area (Å²) in [6.07, 6.45) is 0.104. The molecular formula is C11H16N2O3S. The van der Waals surface area contributed by atoms with E-state index in [-0.39, 0.29) is 6.10 Å². The second-order valence-corrected chi connectivity index (χ2v) is 4.82. The summed E-state index contributed by atoms with van der Waals surface area (Å²) in [7, 11) is 3.07. The molecule has 1 heterocycles. The fourth-order valence-corrected chi connectivity index (χ4v) is 2.80. The van der Waals surface area contributed by atoms with Gasteiger partial charge in [-0.25, -0.2) is 0 Å². The lowest BCUT2D eigenvalue weighted by Crippen LogP contribution is -2.21. The molecule has 0 saturated carbocycles. The first kappa shape index (κ1) is 12.0. The Balaban J connectivity index is 2.66. The maximum Gasteiger partial charge on any atom is 0.189 e. The molecule has 0 bridgehead atoms. The van der Waals surface area contributed by atoms with Crippen molar-refractivity contribution in [3.05, 3.63) is 0 Å². The third-order valence-corrected chi connectivity index (χ3v) is 3.91. The third kappa shape index (κ3) is 1.82. The Morgan fingerprint density at radius 2 is 1.76 bits per heavy atom. The van der Waals surface area contributed by atoms with E-state index in [0.29, 0.717) is 28.6 Å². The maximum absolute atomic E-state index is 6.04. The Morgan fingerprint density at radius 3 is 2.35 bits per heavy atom. The van der Waals surface area contributed by atoms with Crippen molar-refractivity contribution in [1.29, 1.82) is 0 Å². The molecule has 0 amide bonds. The summed E-state index contributed by atoms with van der Waals surface area (Å²) in [5.74, 6) is 2.34. The number of hydrogen-bond donors (Lipinski definition) is 2. The first-order chi connectivity index (χ1) is 8.10. The SMILES string of the molecule is COc1c(N)c2c(c(N)c1OC)SCC(C)O2. The van der Waals surface area contributed by atoms with Crippen molar-refractivity contribution in [1.82, 2.24) is 0 Å².